The molecule has 2 aromatic carbocycles. The van der Waals surface area contributed by atoms with E-state index < -0.39 is 21.2 Å². The number of hydrogen-bond acceptors (Lipinski definition) is 6. The Hall–Kier alpha value is -1.30. The van der Waals surface area contributed by atoms with Crippen molar-refractivity contribution in [1.82, 2.24) is 5.01 Å². The predicted molar refractivity (Wildman–Crippen MR) is 86.8 cm³/mol. The van der Waals surface area contributed by atoms with Crippen molar-refractivity contribution in [2.24, 2.45) is 10.3 Å². The molecule has 0 amide bonds. The molecule has 0 heterocycles. The third kappa shape index (κ3) is 6.84. The van der Waals surface area contributed by atoms with Gasteiger partial charge in [-0.1, -0.05) is 10.1 Å². The van der Waals surface area contributed by atoms with Crippen LogP contribution in [0.1, 0.15) is 0 Å². The zero-order valence-corrected chi connectivity index (χ0v) is 17.4. The Bertz CT molecular complexity index is 873. The van der Waals surface area contributed by atoms with Crippen molar-refractivity contribution >= 4 is 26.9 Å². The van der Waals surface area contributed by atoms with E-state index in [2.05, 4.69) is 20.6 Å². The SMILES string of the molecule is CN(C)N=Nc1ccc(S(=O)c2cc[c-]cc2)c(OS(=O)(=O)O)c1.[Na+]. The third-order valence-electron chi connectivity index (χ3n) is 2.56. The van der Waals surface area contributed by atoms with Crippen LogP contribution < -0.4 is 33.7 Å². The van der Waals surface area contributed by atoms with Crippen LogP contribution in [-0.2, 0) is 21.2 Å². The molecular formula is C14H14N3NaO5S2. The molecule has 0 fully saturated rings. The minimum atomic E-state index is -4.79. The molecule has 25 heavy (non-hydrogen) atoms. The zero-order valence-electron chi connectivity index (χ0n) is 13.8. The summed E-state index contributed by atoms with van der Waals surface area (Å²) >= 11 is 0. The molecule has 0 radical (unpaired) electrons. The molecule has 1 unspecified atom stereocenters. The van der Waals surface area contributed by atoms with Gasteiger partial charge in [0.25, 0.3) is 0 Å². The van der Waals surface area contributed by atoms with Crippen LogP contribution in [0.3, 0.4) is 0 Å². The molecule has 0 aliphatic rings. The monoisotopic (exact) mass is 391 g/mol. The maximum absolute atomic E-state index is 12.6. The molecule has 0 spiro atoms. The number of nitrogens with zero attached hydrogens (tertiary/aromatic N) is 3. The number of benzene rings is 2. The fraction of sp³-hybridized carbons (Fsp3) is 0.143. The van der Waals surface area contributed by atoms with Crippen molar-refractivity contribution in [2.75, 3.05) is 14.1 Å². The van der Waals surface area contributed by atoms with Gasteiger partial charge in [-0.15, -0.1) is 5.11 Å². The summed E-state index contributed by atoms with van der Waals surface area (Å²) in [6, 6.07) is 13.2. The largest absolute Gasteiger partial charge is 1.00 e. The van der Waals surface area contributed by atoms with Gasteiger partial charge in [-0.3, -0.25) is 13.8 Å². The van der Waals surface area contributed by atoms with E-state index in [0.717, 1.165) is 0 Å². The quantitative estimate of drug-likeness (QED) is 0.232. The van der Waals surface area contributed by atoms with Gasteiger partial charge in [0, 0.05) is 20.2 Å². The number of hydrogen-bond donors (Lipinski definition) is 1. The molecule has 0 aliphatic heterocycles. The van der Waals surface area contributed by atoms with E-state index in [9.17, 15) is 12.6 Å². The van der Waals surface area contributed by atoms with Crippen molar-refractivity contribution < 1.29 is 50.9 Å². The smallest absolute Gasteiger partial charge is 0.360 e. The van der Waals surface area contributed by atoms with Gasteiger partial charge in [0.15, 0.2) is 5.75 Å². The molecule has 2 rings (SSSR count). The molecule has 2 aromatic rings. The third-order valence-corrected chi connectivity index (χ3v) is 4.39. The summed E-state index contributed by atoms with van der Waals surface area (Å²) in [6.45, 7) is 0. The fourth-order valence-corrected chi connectivity index (χ4v) is 3.18. The molecule has 1 N–H and O–H groups in total. The molecule has 0 saturated carbocycles. The van der Waals surface area contributed by atoms with Gasteiger partial charge in [-0.05, 0) is 12.1 Å². The van der Waals surface area contributed by atoms with Gasteiger partial charge in [-0.2, -0.15) is 38.7 Å². The van der Waals surface area contributed by atoms with E-state index in [0.29, 0.717) is 4.90 Å². The summed E-state index contributed by atoms with van der Waals surface area (Å²) in [7, 11) is -3.18. The van der Waals surface area contributed by atoms with Crippen LogP contribution >= 0.6 is 0 Å². The van der Waals surface area contributed by atoms with E-state index in [-0.39, 0.29) is 45.9 Å². The number of rotatable bonds is 6. The minimum Gasteiger partial charge on any atom is -0.360 e. The molecule has 0 bridgehead atoms. The minimum absolute atomic E-state index is 0. The predicted octanol–water partition coefficient (Wildman–Crippen LogP) is -0.601. The second-order valence-electron chi connectivity index (χ2n) is 4.68. The van der Waals surface area contributed by atoms with Crippen LogP contribution in [0.15, 0.2) is 62.6 Å². The molecule has 0 saturated heterocycles. The fourth-order valence-electron chi connectivity index (χ4n) is 1.65. The van der Waals surface area contributed by atoms with Crippen molar-refractivity contribution in [3.8, 4) is 5.75 Å². The summed E-state index contributed by atoms with van der Waals surface area (Å²) in [5, 5.41) is 9.08. The van der Waals surface area contributed by atoms with Gasteiger partial charge >= 0.3 is 40.0 Å². The van der Waals surface area contributed by atoms with Crippen LogP contribution in [0.5, 0.6) is 5.75 Å². The second kappa shape index (κ2) is 9.41. The molecule has 1 atom stereocenters. The second-order valence-corrected chi connectivity index (χ2v) is 7.15. The summed E-state index contributed by atoms with van der Waals surface area (Å²) in [5.74, 6) is -0.293. The summed E-state index contributed by atoms with van der Waals surface area (Å²) in [6.07, 6.45) is 0. The summed E-state index contributed by atoms with van der Waals surface area (Å²) in [5.41, 5.74) is 0.268. The van der Waals surface area contributed by atoms with E-state index >= 15 is 0 Å². The Labute approximate surface area is 170 Å². The Morgan fingerprint density at radius 1 is 1.20 bits per heavy atom. The standard InChI is InChI=1S/C14H14N3O5S2.Na/c1-17(2)16-15-11-8-9-14(13(10-11)22-24(19,20)21)23(18)12-6-4-3-5-7-12;/h4-10H,1-2H3,(H,19,20,21);/q-1;+1. The van der Waals surface area contributed by atoms with Crippen molar-refractivity contribution in [2.45, 2.75) is 9.79 Å². The first kappa shape index (κ1) is 21.7. The molecule has 8 nitrogen and oxygen atoms in total. The van der Waals surface area contributed by atoms with E-state index in [1.165, 1.54) is 23.2 Å². The average molecular weight is 391 g/mol. The topological polar surface area (TPSA) is 109 Å². The van der Waals surface area contributed by atoms with Crippen molar-refractivity contribution in [3.05, 3.63) is 48.5 Å². The first-order valence-electron chi connectivity index (χ1n) is 6.54. The van der Waals surface area contributed by atoms with Crippen LogP contribution in [0.25, 0.3) is 0 Å². The van der Waals surface area contributed by atoms with Gasteiger partial charge in [-0.25, -0.2) is 0 Å². The maximum Gasteiger partial charge on any atom is 1.00 e. The Kier molecular flexibility index (Phi) is 8.19. The zero-order chi connectivity index (χ0) is 17.7. The Balaban J connectivity index is 0.00000312. The van der Waals surface area contributed by atoms with Crippen LogP contribution in [0.2, 0.25) is 0 Å². The first-order valence-corrected chi connectivity index (χ1v) is 9.05. The molecular weight excluding hydrogens is 377 g/mol. The summed E-state index contributed by atoms with van der Waals surface area (Å²) in [4.78, 5) is 0.499. The van der Waals surface area contributed by atoms with Crippen molar-refractivity contribution in [1.29, 1.82) is 0 Å². The van der Waals surface area contributed by atoms with E-state index in [1.54, 1.807) is 38.4 Å². The van der Waals surface area contributed by atoms with E-state index in [1.807, 2.05) is 0 Å². The molecule has 128 valence electrons. The Morgan fingerprint density at radius 3 is 2.40 bits per heavy atom. The Morgan fingerprint density at radius 2 is 1.84 bits per heavy atom. The van der Waals surface area contributed by atoms with Crippen LogP contribution in [0, 0.1) is 6.07 Å². The molecule has 0 aliphatic carbocycles. The van der Waals surface area contributed by atoms with Crippen LogP contribution in [-0.4, -0.2) is 36.3 Å². The van der Waals surface area contributed by atoms with Crippen LogP contribution in [0.4, 0.5) is 5.69 Å². The molecule has 0 aromatic heterocycles. The maximum atomic E-state index is 12.6. The van der Waals surface area contributed by atoms with Gasteiger partial charge < -0.3 is 4.18 Å². The average Bonchev–Trinajstić information content (AvgIpc) is 2.52. The first-order chi connectivity index (χ1) is 11.3. The van der Waals surface area contributed by atoms with Gasteiger partial charge in [0.2, 0.25) is 0 Å². The summed E-state index contributed by atoms with van der Waals surface area (Å²) < 4.78 is 48.2. The van der Waals surface area contributed by atoms with Gasteiger partial charge in [0.05, 0.1) is 21.4 Å². The van der Waals surface area contributed by atoms with Crippen molar-refractivity contribution in [3.63, 3.8) is 0 Å². The van der Waals surface area contributed by atoms with E-state index in [4.69, 9.17) is 4.55 Å². The molecule has 11 heteroatoms. The van der Waals surface area contributed by atoms with Gasteiger partial charge in [0.1, 0.15) is 0 Å². The normalized spacial score (nSPS) is 12.4.